The van der Waals surface area contributed by atoms with Crippen LogP contribution in [0.15, 0.2) is 0 Å². The molecule has 0 aromatic carbocycles. The van der Waals surface area contributed by atoms with E-state index in [1.165, 1.54) is 122 Å². The van der Waals surface area contributed by atoms with Crippen molar-refractivity contribution in [3.05, 3.63) is 0 Å². The predicted molar refractivity (Wildman–Crippen MR) is 214 cm³/mol. The maximum absolute atomic E-state index is 12.7. The van der Waals surface area contributed by atoms with Crippen molar-refractivity contribution in [3.63, 3.8) is 0 Å². The number of aliphatic hydroxyl groups is 1. The molecule has 0 aromatic heterocycles. The van der Waals surface area contributed by atoms with E-state index >= 15 is 0 Å². The van der Waals surface area contributed by atoms with E-state index in [4.69, 9.17) is 9.47 Å². The molecule has 0 aliphatic carbocycles. The van der Waals surface area contributed by atoms with Crippen LogP contribution in [0.25, 0.3) is 0 Å². The molecule has 0 aliphatic rings. The molecule has 6 heteroatoms. The van der Waals surface area contributed by atoms with E-state index in [2.05, 4.69) is 25.7 Å². The lowest BCUT2D eigenvalue weighted by molar-refractivity contribution is -0.150. The number of Topliss-reactive ketones (excluding diaryl/α,β-unsaturated/α-hetero) is 1. The highest BCUT2D eigenvalue weighted by Gasteiger charge is 2.14. The van der Waals surface area contributed by atoms with Crippen molar-refractivity contribution in [2.45, 2.75) is 232 Å². The molecule has 0 heterocycles. The van der Waals surface area contributed by atoms with Crippen LogP contribution in [-0.2, 0) is 19.1 Å². The van der Waals surface area contributed by atoms with Crippen LogP contribution in [0, 0.1) is 0 Å². The topological polar surface area (TPSA) is 76.1 Å². The van der Waals surface area contributed by atoms with E-state index in [0.717, 1.165) is 90.3 Å². The van der Waals surface area contributed by atoms with Gasteiger partial charge in [0.25, 0.3) is 0 Å². The molecule has 0 atom stereocenters. The minimum Gasteiger partial charge on any atom is -0.462 e. The number of aliphatic hydroxyl groups excluding tert-OH is 1. The van der Waals surface area contributed by atoms with Gasteiger partial charge < -0.3 is 19.5 Å². The highest BCUT2D eigenvalue weighted by atomic mass is 16.5. The van der Waals surface area contributed by atoms with Gasteiger partial charge in [-0.1, -0.05) is 156 Å². The van der Waals surface area contributed by atoms with Gasteiger partial charge in [-0.25, -0.2) is 0 Å². The second-order valence-electron chi connectivity index (χ2n) is 15.2. The number of carbonyl (C=O) groups is 2. The lowest BCUT2D eigenvalue weighted by Gasteiger charge is -2.21. The molecule has 0 aromatic rings. The van der Waals surface area contributed by atoms with Gasteiger partial charge in [-0.05, 0) is 70.9 Å². The van der Waals surface area contributed by atoms with Crippen molar-refractivity contribution in [1.29, 1.82) is 0 Å². The van der Waals surface area contributed by atoms with Crippen molar-refractivity contribution < 1.29 is 24.2 Å². The van der Waals surface area contributed by atoms with Gasteiger partial charge in [-0.2, -0.15) is 0 Å². The number of ketones is 1. The van der Waals surface area contributed by atoms with Crippen molar-refractivity contribution in [1.82, 2.24) is 4.90 Å². The Morgan fingerprint density at radius 2 is 0.920 bits per heavy atom. The fourth-order valence-electron chi connectivity index (χ4n) is 6.85. The number of carbonyl (C=O) groups excluding carboxylic acids is 2. The van der Waals surface area contributed by atoms with Gasteiger partial charge in [0.1, 0.15) is 12.7 Å². The lowest BCUT2D eigenvalue weighted by atomic mass is 10.0. The van der Waals surface area contributed by atoms with Crippen LogP contribution in [0.5, 0.6) is 0 Å². The van der Waals surface area contributed by atoms with E-state index < -0.39 is 0 Å². The molecule has 0 saturated heterocycles. The average Bonchev–Trinajstić information content (AvgIpc) is 3.11. The molecule has 1 N–H and O–H groups in total. The van der Waals surface area contributed by atoms with E-state index in [9.17, 15) is 14.7 Å². The molecule has 0 radical (unpaired) electrons. The summed E-state index contributed by atoms with van der Waals surface area (Å²) in [4.78, 5) is 27.2. The number of hydrogen-bond acceptors (Lipinski definition) is 6. The lowest BCUT2D eigenvalue weighted by Crippen LogP contribution is -2.29. The minimum absolute atomic E-state index is 0.00844. The molecule has 0 amide bonds. The Kier molecular flexibility index (Phi) is 40.0. The predicted octanol–water partition coefficient (Wildman–Crippen LogP) is 12.3. The molecule has 0 aliphatic heterocycles. The van der Waals surface area contributed by atoms with Crippen LogP contribution < -0.4 is 0 Å². The minimum atomic E-state index is 0.00844. The Hall–Kier alpha value is -0.980. The molecule has 0 spiro atoms. The molecule has 6 nitrogen and oxygen atoms in total. The first kappa shape index (κ1) is 49.0. The molecule has 0 saturated carbocycles. The van der Waals surface area contributed by atoms with Gasteiger partial charge in [-0.3, -0.25) is 9.59 Å². The highest BCUT2D eigenvalue weighted by molar-refractivity contribution is 5.79. The van der Waals surface area contributed by atoms with Crippen LogP contribution >= 0.6 is 0 Å². The standard InChI is InChI=1S/C44H87NO5/c1-4-7-10-13-16-17-23-31-40-49-41-42(47)32-25-24-30-37-45(38-39-46)36-29-22-18-21-28-35-44(48)50-43(33-26-19-14-11-8-5-2)34-27-20-15-12-9-6-3/h43,46H,4-41H2,1-3H3. The third-order valence-corrected chi connectivity index (χ3v) is 10.2. The van der Waals surface area contributed by atoms with Crippen LogP contribution in [0.2, 0.25) is 0 Å². The number of unbranched alkanes of at least 4 members (excludes halogenated alkanes) is 23. The molecular weight excluding hydrogens is 622 g/mol. The number of esters is 1. The zero-order chi connectivity index (χ0) is 36.6. The molecular formula is C44H87NO5. The van der Waals surface area contributed by atoms with Crippen molar-refractivity contribution in [2.75, 3.05) is 39.5 Å². The fraction of sp³-hybridized carbons (Fsp3) is 0.955. The Morgan fingerprint density at radius 3 is 1.44 bits per heavy atom. The maximum atomic E-state index is 12.7. The van der Waals surface area contributed by atoms with Crippen LogP contribution in [0.1, 0.15) is 226 Å². The van der Waals surface area contributed by atoms with Crippen LogP contribution in [0.4, 0.5) is 0 Å². The van der Waals surface area contributed by atoms with Gasteiger partial charge in [0, 0.05) is 26.0 Å². The van der Waals surface area contributed by atoms with E-state index in [0.29, 0.717) is 19.4 Å². The number of ether oxygens (including phenoxy) is 2. The quantitative estimate of drug-likeness (QED) is 0.0502. The second-order valence-corrected chi connectivity index (χ2v) is 15.2. The summed E-state index contributed by atoms with van der Waals surface area (Å²) in [6.45, 7) is 10.6. The normalized spacial score (nSPS) is 11.6. The van der Waals surface area contributed by atoms with Gasteiger partial charge in [0.2, 0.25) is 0 Å². The first-order valence-electron chi connectivity index (χ1n) is 22.2. The molecule has 50 heavy (non-hydrogen) atoms. The smallest absolute Gasteiger partial charge is 0.306 e. The zero-order valence-corrected chi connectivity index (χ0v) is 34.0. The Bertz CT molecular complexity index is 686. The van der Waals surface area contributed by atoms with Crippen LogP contribution in [-0.4, -0.2) is 67.3 Å². The SMILES string of the molecule is CCCCCCCCCCOCC(=O)CCCCCN(CCO)CCCCCCCC(=O)OC(CCCCCCCC)CCCCCCCC. The summed E-state index contributed by atoms with van der Waals surface area (Å²) in [5, 5.41) is 9.53. The first-order chi connectivity index (χ1) is 24.6. The average molecular weight is 710 g/mol. The third-order valence-electron chi connectivity index (χ3n) is 10.2. The Labute approximate surface area is 312 Å². The number of hydrogen-bond donors (Lipinski definition) is 1. The van der Waals surface area contributed by atoms with Gasteiger partial charge in [0.15, 0.2) is 5.78 Å². The second kappa shape index (κ2) is 40.8. The van der Waals surface area contributed by atoms with Crippen molar-refractivity contribution in [2.24, 2.45) is 0 Å². The largest absolute Gasteiger partial charge is 0.462 e. The summed E-state index contributed by atoms with van der Waals surface area (Å²) in [6, 6.07) is 0. The van der Waals surface area contributed by atoms with Gasteiger partial charge in [0.05, 0.1) is 6.61 Å². The van der Waals surface area contributed by atoms with E-state index in [-0.39, 0.29) is 31.1 Å². The van der Waals surface area contributed by atoms with Crippen molar-refractivity contribution in [3.8, 4) is 0 Å². The zero-order valence-electron chi connectivity index (χ0n) is 34.0. The monoisotopic (exact) mass is 710 g/mol. The Balaban J connectivity index is 3.96. The van der Waals surface area contributed by atoms with E-state index in [1.807, 2.05) is 0 Å². The summed E-state index contributed by atoms with van der Waals surface area (Å²) in [7, 11) is 0. The summed E-state index contributed by atoms with van der Waals surface area (Å²) < 4.78 is 11.6. The first-order valence-corrected chi connectivity index (χ1v) is 22.2. The van der Waals surface area contributed by atoms with Gasteiger partial charge >= 0.3 is 5.97 Å². The molecule has 298 valence electrons. The Morgan fingerprint density at radius 1 is 0.500 bits per heavy atom. The molecule has 0 fully saturated rings. The summed E-state index contributed by atoms with van der Waals surface area (Å²) in [5.41, 5.74) is 0. The molecule has 0 bridgehead atoms. The van der Waals surface area contributed by atoms with Gasteiger partial charge in [-0.15, -0.1) is 0 Å². The number of nitrogens with zero attached hydrogens (tertiary/aromatic N) is 1. The van der Waals surface area contributed by atoms with Crippen molar-refractivity contribution >= 4 is 11.8 Å². The number of rotatable bonds is 42. The summed E-state index contributed by atoms with van der Waals surface area (Å²) in [5.74, 6) is 0.236. The molecule has 0 rings (SSSR count). The summed E-state index contributed by atoms with van der Waals surface area (Å²) >= 11 is 0. The maximum Gasteiger partial charge on any atom is 0.306 e. The summed E-state index contributed by atoms with van der Waals surface area (Å²) in [6.07, 6.45) is 37.4. The fourth-order valence-corrected chi connectivity index (χ4v) is 6.85. The third kappa shape index (κ3) is 36.8. The van der Waals surface area contributed by atoms with E-state index in [1.54, 1.807) is 0 Å². The molecule has 0 unspecified atom stereocenters. The van der Waals surface area contributed by atoms with Crippen LogP contribution in [0.3, 0.4) is 0 Å². The highest BCUT2D eigenvalue weighted by Crippen LogP contribution is 2.18.